The zero-order chi connectivity index (χ0) is 18.0. The molecule has 0 amide bonds. The summed E-state index contributed by atoms with van der Waals surface area (Å²) in [5.74, 6) is 0. The van der Waals surface area contributed by atoms with Gasteiger partial charge in [-0.3, -0.25) is 0 Å². The minimum Gasteiger partial charge on any atom is -0.416 e. The summed E-state index contributed by atoms with van der Waals surface area (Å²) in [6.07, 6.45) is 0. The molecule has 2 rings (SSSR count). The molecule has 0 aromatic heterocycles. The van der Waals surface area contributed by atoms with Crippen LogP contribution in [0.4, 0.5) is 0 Å². The molecule has 0 heterocycles. The van der Waals surface area contributed by atoms with Gasteiger partial charge in [0.15, 0.2) is 0 Å². The summed E-state index contributed by atoms with van der Waals surface area (Å²) in [6.45, 7) is 13.1. The number of rotatable bonds is 6. The molecular formula is C20H28O2Si2. The van der Waals surface area contributed by atoms with Crippen LogP contribution in [0.1, 0.15) is 11.1 Å². The van der Waals surface area contributed by atoms with Crippen LogP contribution in [-0.4, -0.2) is 30.9 Å². The van der Waals surface area contributed by atoms with Crippen molar-refractivity contribution in [3.63, 3.8) is 0 Å². The van der Waals surface area contributed by atoms with Crippen molar-refractivity contribution in [2.24, 2.45) is 0 Å². The van der Waals surface area contributed by atoms with Gasteiger partial charge in [-0.15, -0.1) is 0 Å². The molecule has 0 saturated carbocycles. The molecule has 0 aliphatic carbocycles. The molecule has 0 radical (unpaired) electrons. The minimum absolute atomic E-state index is 1.04. The SMILES string of the molecule is C=C(c1ccc([Si](C)(C)OC)cc1)c1ccc([Si](C)(C)OC)cc1. The first-order valence-corrected chi connectivity index (χ1v) is 14.0. The zero-order valence-corrected chi connectivity index (χ0v) is 17.6. The Balaban J connectivity index is 2.23. The maximum atomic E-state index is 5.67. The third kappa shape index (κ3) is 3.95. The smallest absolute Gasteiger partial charge is 0.217 e. The van der Waals surface area contributed by atoms with Crippen molar-refractivity contribution >= 4 is 32.6 Å². The van der Waals surface area contributed by atoms with Crippen molar-refractivity contribution < 1.29 is 8.85 Å². The first-order valence-electron chi connectivity index (χ1n) is 8.22. The highest BCUT2D eigenvalue weighted by Gasteiger charge is 2.24. The van der Waals surface area contributed by atoms with E-state index in [-0.39, 0.29) is 0 Å². The molecule has 4 heteroatoms. The van der Waals surface area contributed by atoms with E-state index in [9.17, 15) is 0 Å². The van der Waals surface area contributed by atoms with Gasteiger partial charge in [0.2, 0.25) is 16.6 Å². The van der Waals surface area contributed by atoms with Crippen LogP contribution in [0.25, 0.3) is 5.57 Å². The van der Waals surface area contributed by atoms with E-state index >= 15 is 0 Å². The quantitative estimate of drug-likeness (QED) is 0.732. The predicted octanol–water partition coefficient (Wildman–Crippen LogP) is 3.87. The molecule has 0 spiro atoms. The van der Waals surface area contributed by atoms with Crippen molar-refractivity contribution in [1.82, 2.24) is 0 Å². The first-order chi connectivity index (χ1) is 11.2. The lowest BCUT2D eigenvalue weighted by Crippen LogP contribution is -2.43. The van der Waals surface area contributed by atoms with Crippen LogP contribution in [-0.2, 0) is 8.85 Å². The summed E-state index contributed by atoms with van der Waals surface area (Å²) in [5, 5.41) is 2.59. The zero-order valence-electron chi connectivity index (χ0n) is 15.6. The van der Waals surface area contributed by atoms with E-state index in [2.05, 4.69) is 81.3 Å². The fourth-order valence-corrected chi connectivity index (χ4v) is 4.96. The summed E-state index contributed by atoms with van der Waals surface area (Å²) in [5.41, 5.74) is 3.34. The predicted molar refractivity (Wildman–Crippen MR) is 109 cm³/mol. The highest BCUT2D eigenvalue weighted by Crippen LogP contribution is 2.21. The average molecular weight is 357 g/mol. The summed E-state index contributed by atoms with van der Waals surface area (Å²) in [6, 6.07) is 17.3. The Morgan fingerprint density at radius 1 is 0.667 bits per heavy atom. The summed E-state index contributed by atoms with van der Waals surface area (Å²) >= 11 is 0. The molecule has 0 N–H and O–H groups in total. The Bertz CT molecular complexity index is 640. The molecule has 0 aliphatic heterocycles. The van der Waals surface area contributed by atoms with E-state index in [1.54, 1.807) is 14.2 Å². The van der Waals surface area contributed by atoms with Crippen LogP contribution < -0.4 is 10.4 Å². The van der Waals surface area contributed by atoms with Gasteiger partial charge in [0, 0.05) is 14.2 Å². The van der Waals surface area contributed by atoms with Gasteiger partial charge in [-0.05, 0) is 53.3 Å². The van der Waals surface area contributed by atoms with Gasteiger partial charge >= 0.3 is 0 Å². The fraction of sp³-hybridized carbons (Fsp3) is 0.300. The van der Waals surface area contributed by atoms with E-state index in [0.29, 0.717) is 0 Å². The molecule has 0 atom stereocenters. The summed E-state index contributed by atoms with van der Waals surface area (Å²) in [7, 11) is 0.0700. The van der Waals surface area contributed by atoms with Crippen molar-refractivity contribution in [3.05, 3.63) is 66.2 Å². The molecule has 24 heavy (non-hydrogen) atoms. The highest BCUT2D eigenvalue weighted by atomic mass is 28.4. The second kappa shape index (κ2) is 7.19. The molecule has 0 unspecified atom stereocenters. The molecule has 0 saturated heterocycles. The van der Waals surface area contributed by atoms with Gasteiger partial charge in [0.1, 0.15) is 0 Å². The minimum atomic E-state index is -1.76. The largest absolute Gasteiger partial charge is 0.416 e. The highest BCUT2D eigenvalue weighted by molar-refractivity contribution is 6.84. The Kier molecular flexibility index (Phi) is 5.65. The number of benzene rings is 2. The molecule has 2 nitrogen and oxygen atoms in total. The molecule has 0 aliphatic rings. The lowest BCUT2D eigenvalue weighted by Gasteiger charge is -2.21. The van der Waals surface area contributed by atoms with Gasteiger partial charge in [0.25, 0.3) is 0 Å². The topological polar surface area (TPSA) is 18.5 Å². The maximum absolute atomic E-state index is 5.67. The van der Waals surface area contributed by atoms with Crippen LogP contribution in [0.5, 0.6) is 0 Å². The second-order valence-electron chi connectivity index (χ2n) is 7.06. The molecular weight excluding hydrogens is 328 g/mol. The van der Waals surface area contributed by atoms with Crippen LogP contribution >= 0.6 is 0 Å². The molecule has 2 aromatic carbocycles. The normalized spacial score (nSPS) is 12.2. The van der Waals surface area contributed by atoms with Crippen molar-refractivity contribution in [2.75, 3.05) is 14.2 Å². The maximum Gasteiger partial charge on any atom is 0.217 e. The van der Waals surface area contributed by atoms with E-state index in [0.717, 1.165) is 16.7 Å². The van der Waals surface area contributed by atoms with E-state index in [1.165, 1.54) is 10.4 Å². The Labute approximate surface area is 148 Å². The molecule has 0 fully saturated rings. The first kappa shape index (κ1) is 18.9. The number of hydrogen-bond donors (Lipinski definition) is 0. The van der Waals surface area contributed by atoms with Crippen molar-refractivity contribution in [1.29, 1.82) is 0 Å². The van der Waals surface area contributed by atoms with Gasteiger partial charge in [-0.1, -0.05) is 55.1 Å². The Hall–Kier alpha value is -1.47. The molecule has 2 aromatic rings. The van der Waals surface area contributed by atoms with E-state index < -0.39 is 16.6 Å². The van der Waals surface area contributed by atoms with Crippen molar-refractivity contribution in [3.8, 4) is 0 Å². The lowest BCUT2D eigenvalue weighted by atomic mass is 10.00. The summed E-state index contributed by atoms with van der Waals surface area (Å²) in [4.78, 5) is 0. The van der Waals surface area contributed by atoms with Gasteiger partial charge in [-0.25, -0.2) is 0 Å². The Morgan fingerprint density at radius 3 is 1.21 bits per heavy atom. The molecule has 0 bridgehead atoms. The Morgan fingerprint density at radius 2 is 0.958 bits per heavy atom. The third-order valence-corrected chi connectivity index (χ3v) is 10.4. The van der Waals surface area contributed by atoms with Crippen LogP contribution in [0.2, 0.25) is 26.2 Å². The monoisotopic (exact) mass is 356 g/mol. The van der Waals surface area contributed by atoms with Gasteiger partial charge in [-0.2, -0.15) is 0 Å². The summed E-state index contributed by atoms with van der Waals surface area (Å²) < 4.78 is 11.3. The number of hydrogen-bond acceptors (Lipinski definition) is 2. The van der Waals surface area contributed by atoms with Crippen LogP contribution in [0.3, 0.4) is 0 Å². The van der Waals surface area contributed by atoms with Crippen LogP contribution in [0, 0.1) is 0 Å². The van der Waals surface area contributed by atoms with Gasteiger partial charge < -0.3 is 8.85 Å². The third-order valence-electron chi connectivity index (χ3n) is 4.88. The standard InChI is InChI=1S/C20H28O2Si2/c1-16(17-8-12-19(13-9-17)23(4,5)21-2)18-10-14-20(15-11-18)24(6,7)22-3/h8-15H,1H2,2-7H3. The van der Waals surface area contributed by atoms with Gasteiger partial charge in [0.05, 0.1) is 0 Å². The van der Waals surface area contributed by atoms with E-state index in [1.807, 2.05) is 0 Å². The van der Waals surface area contributed by atoms with E-state index in [4.69, 9.17) is 8.85 Å². The average Bonchev–Trinajstić information content (AvgIpc) is 2.61. The molecule has 128 valence electrons. The lowest BCUT2D eigenvalue weighted by molar-refractivity contribution is 0.416. The van der Waals surface area contributed by atoms with Crippen LogP contribution in [0.15, 0.2) is 55.1 Å². The second-order valence-corrected chi connectivity index (χ2v) is 15.1. The fourth-order valence-electron chi connectivity index (χ4n) is 2.55. The van der Waals surface area contributed by atoms with Crippen molar-refractivity contribution in [2.45, 2.75) is 26.2 Å².